The molecule has 0 bridgehead atoms. The molecule has 0 saturated carbocycles. The summed E-state index contributed by atoms with van der Waals surface area (Å²) >= 11 is 13.4. The molecule has 32 heavy (non-hydrogen) atoms. The third-order valence-corrected chi connectivity index (χ3v) is 6.12. The molecular formula is C22H22Cl2N4O3S. The minimum Gasteiger partial charge on any atom is -0.497 e. The van der Waals surface area contributed by atoms with Crippen molar-refractivity contribution in [2.45, 2.75) is 24.7 Å². The largest absolute Gasteiger partial charge is 0.497 e. The number of halogens is 2. The number of anilines is 1. The van der Waals surface area contributed by atoms with E-state index in [1.165, 1.54) is 11.8 Å². The number of nitrogens with one attached hydrogen (secondary N) is 1. The number of nitrogens with zero attached hydrogens (tertiary/aromatic N) is 3. The van der Waals surface area contributed by atoms with E-state index in [1.807, 2.05) is 29.7 Å². The number of methoxy groups -OCH3 is 1. The van der Waals surface area contributed by atoms with Crippen molar-refractivity contribution in [2.24, 2.45) is 0 Å². The van der Waals surface area contributed by atoms with Crippen molar-refractivity contribution in [3.8, 4) is 11.5 Å². The highest BCUT2D eigenvalue weighted by Crippen LogP contribution is 2.30. The molecule has 0 spiro atoms. The topological polar surface area (TPSA) is 78.3 Å². The van der Waals surface area contributed by atoms with Gasteiger partial charge in [-0.05, 0) is 31.2 Å². The summed E-state index contributed by atoms with van der Waals surface area (Å²) in [6, 6.07) is 12.4. The number of carbonyl (C=O) groups excluding carboxylic acids is 1. The van der Waals surface area contributed by atoms with E-state index in [0.29, 0.717) is 44.8 Å². The summed E-state index contributed by atoms with van der Waals surface area (Å²) in [6.07, 6.45) is 1.35. The smallest absolute Gasteiger partial charge is 0.234 e. The van der Waals surface area contributed by atoms with E-state index in [1.54, 1.807) is 37.5 Å². The second-order valence-electron chi connectivity index (χ2n) is 6.62. The Balaban J connectivity index is 1.69. The van der Waals surface area contributed by atoms with Crippen LogP contribution in [0.15, 0.2) is 60.3 Å². The van der Waals surface area contributed by atoms with Crippen molar-refractivity contribution < 1.29 is 14.3 Å². The van der Waals surface area contributed by atoms with Crippen molar-refractivity contribution in [1.82, 2.24) is 14.8 Å². The Morgan fingerprint density at radius 3 is 2.75 bits per heavy atom. The minimum atomic E-state index is -0.386. The van der Waals surface area contributed by atoms with Crippen molar-refractivity contribution >= 4 is 46.6 Å². The first kappa shape index (κ1) is 24.0. The van der Waals surface area contributed by atoms with E-state index in [4.69, 9.17) is 32.7 Å². The van der Waals surface area contributed by atoms with Crippen molar-refractivity contribution in [3.05, 3.63) is 71.0 Å². The fourth-order valence-corrected chi connectivity index (χ4v) is 3.96. The number of thioether (sulfide) groups is 1. The van der Waals surface area contributed by atoms with Gasteiger partial charge in [-0.2, -0.15) is 0 Å². The van der Waals surface area contributed by atoms with Crippen molar-refractivity contribution in [2.75, 3.05) is 18.2 Å². The standard InChI is InChI=1S/C22H22Cl2N4O3S/c1-4-11-28-21(14(2)31-16-8-5-7-15(12-16)30-3)26-27-22(28)32-13-19(29)25-18-10-6-9-17(23)20(18)24/h4-10,12,14H,1,11,13H2,2-3H3,(H,25,29). The molecule has 1 N–H and O–H groups in total. The molecule has 1 amide bonds. The third-order valence-electron chi connectivity index (χ3n) is 4.33. The highest BCUT2D eigenvalue weighted by Gasteiger charge is 2.20. The van der Waals surface area contributed by atoms with Crippen LogP contribution in [-0.2, 0) is 11.3 Å². The fraction of sp³-hybridized carbons (Fsp3) is 0.227. The third kappa shape index (κ3) is 5.97. The molecule has 168 valence electrons. The van der Waals surface area contributed by atoms with E-state index in [2.05, 4.69) is 22.1 Å². The lowest BCUT2D eigenvalue weighted by atomic mass is 10.3. The maximum atomic E-state index is 12.4. The Bertz CT molecular complexity index is 1110. The average molecular weight is 493 g/mol. The van der Waals surface area contributed by atoms with E-state index >= 15 is 0 Å². The van der Waals surface area contributed by atoms with Gasteiger partial charge in [0.25, 0.3) is 0 Å². The molecule has 1 unspecified atom stereocenters. The average Bonchev–Trinajstić information content (AvgIpc) is 3.18. The predicted molar refractivity (Wildman–Crippen MR) is 128 cm³/mol. The number of aromatic nitrogens is 3. The molecule has 2 aromatic carbocycles. The maximum Gasteiger partial charge on any atom is 0.234 e. The lowest BCUT2D eigenvalue weighted by Crippen LogP contribution is -2.16. The van der Waals surface area contributed by atoms with Crippen LogP contribution in [0.2, 0.25) is 10.0 Å². The van der Waals surface area contributed by atoms with Crippen LogP contribution < -0.4 is 14.8 Å². The molecule has 7 nitrogen and oxygen atoms in total. The molecule has 1 aromatic heterocycles. The van der Waals surface area contributed by atoms with E-state index in [-0.39, 0.29) is 17.8 Å². The van der Waals surface area contributed by atoms with Gasteiger partial charge in [-0.1, -0.05) is 53.2 Å². The van der Waals surface area contributed by atoms with Gasteiger partial charge in [0.1, 0.15) is 11.5 Å². The summed E-state index contributed by atoms with van der Waals surface area (Å²) in [5, 5.41) is 12.5. The van der Waals surface area contributed by atoms with Gasteiger partial charge in [-0.25, -0.2) is 0 Å². The van der Waals surface area contributed by atoms with Crippen LogP contribution in [-0.4, -0.2) is 33.5 Å². The molecule has 0 aliphatic carbocycles. The second-order valence-corrected chi connectivity index (χ2v) is 8.35. The monoisotopic (exact) mass is 492 g/mol. The summed E-state index contributed by atoms with van der Waals surface area (Å²) in [6.45, 7) is 6.15. The van der Waals surface area contributed by atoms with Crippen LogP contribution in [0.5, 0.6) is 11.5 Å². The quantitative estimate of drug-likeness (QED) is 0.291. The number of hydrogen-bond acceptors (Lipinski definition) is 6. The summed E-state index contributed by atoms with van der Waals surface area (Å²) < 4.78 is 13.1. The molecule has 1 heterocycles. The number of rotatable bonds is 10. The number of amides is 1. The fourth-order valence-electron chi connectivity index (χ4n) is 2.86. The van der Waals surface area contributed by atoms with Crippen molar-refractivity contribution in [3.63, 3.8) is 0 Å². The minimum absolute atomic E-state index is 0.114. The Morgan fingerprint density at radius 2 is 2.00 bits per heavy atom. The number of ether oxygens (including phenoxy) is 2. The van der Waals surface area contributed by atoms with Crippen LogP contribution >= 0.6 is 35.0 Å². The van der Waals surface area contributed by atoms with Crippen molar-refractivity contribution in [1.29, 1.82) is 0 Å². The zero-order valence-electron chi connectivity index (χ0n) is 17.5. The van der Waals surface area contributed by atoms with E-state index in [9.17, 15) is 4.79 Å². The van der Waals surface area contributed by atoms with Crippen LogP contribution in [0.4, 0.5) is 5.69 Å². The summed E-state index contributed by atoms with van der Waals surface area (Å²) in [4.78, 5) is 12.4. The van der Waals surface area contributed by atoms with Gasteiger partial charge >= 0.3 is 0 Å². The predicted octanol–water partition coefficient (Wildman–Crippen LogP) is 5.65. The molecule has 3 aromatic rings. The lowest BCUT2D eigenvalue weighted by Gasteiger charge is -2.16. The maximum absolute atomic E-state index is 12.4. The van der Waals surface area contributed by atoms with E-state index in [0.717, 1.165) is 0 Å². The first-order valence-corrected chi connectivity index (χ1v) is 11.4. The molecule has 3 rings (SSSR count). The molecule has 1 atom stereocenters. The highest BCUT2D eigenvalue weighted by molar-refractivity contribution is 7.99. The second kappa shape index (κ2) is 11.3. The number of benzene rings is 2. The van der Waals surface area contributed by atoms with Crippen LogP contribution in [0.25, 0.3) is 0 Å². The number of allylic oxidation sites excluding steroid dienone is 1. The molecule has 0 aliphatic rings. The summed E-state index contributed by atoms with van der Waals surface area (Å²) in [7, 11) is 1.60. The van der Waals surface area contributed by atoms with E-state index < -0.39 is 0 Å². The highest BCUT2D eigenvalue weighted by atomic mass is 35.5. The summed E-state index contributed by atoms with van der Waals surface area (Å²) in [5.74, 6) is 1.84. The first-order valence-electron chi connectivity index (χ1n) is 9.64. The van der Waals surface area contributed by atoms with Crippen LogP contribution in [0.1, 0.15) is 18.9 Å². The molecule has 0 radical (unpaired) electrons. The Morgan fingerprint density at radius 1 is 1.25 bits per heavy atom. The SMILES string of the molecule is C=CCn1c(SCC(=O)Nc2cccc(Cl)c2Cl)nnc1C(C)Oc1cccc(OC)c1. The van der Waals surface area contributed by atoms with Crippen LogP contribution in [0.3, 0.4) is 0 Å². The van der Waals surface area contributed by atoms with Crippen LogP contribution in [0, 0.1) is 0 Å². The Labute approximate surface area is 200 Å². The van der Waals surface area contributed by atoms with Gasteiger partial charge in [0.15, 0.2) is 17.1 Å². The van der Waals surface area contributed by atoms with Gasteiger partial charge in [0.2, 0.25) is 5.91 Å². The number of hydrogen-bond donors (Lipinski definition) is 1. The molecule has 10 heteroatoms. The molecular weight excluding hydrogens is 471 g/mol. The van der Waals surface area contributed by atoms with Gasteiger partial charge in [0.05, 0.1) is 28.6 Å². The molecule has 0 aliphatic heterocycles. The Hall–Kier alpha value is -2.68. The zero-order valence-corrected chi connectivity index (χ0v) is 19.9. The Kier molecular flexibility index (Phi) is 8.44. The zero-order chi connectivity index (χ0) is 23.1. The summed E-state index contributed by atoms with van der Waals surface area (Å²) in [5.41, 5.74) is 0.457. The van der Waals surface area contributed by atoms with Gasteiger partial charge < -0.3 is 14.8 Å². The molecule has 0 fully saturated rings. The van der Waals surface area contributed by atoms with Gasteiger partial charge in [0, 0.05) is 12.6 Å². The molecule has 0 saturated heterocycles. The lowest BCUT2D eigenvalue weighted by molar-refractivity contribution is -0.113. The van der Waals surface area contributed by atoms with Gasteiger partial charge in [-0.3, -0.25) is 9.36 Å². The first-order chi connectivity index (χ1) is 15.4. The number of carbonyl (C=O) groups is 1. The van der Waals surface area contributed by atoms with Gasteiger partial charge in [-0.15, -0.1) is 16.8 Å². The normalized spacial score (nSPS) is 11.6.